The summed E-state index contributed by atoms with van der Waals surface area (Å²) < 4.78 is 2.05. The molecule has 132 valence electrons. The molecule has 0 spiro atoms. The van der Waals surface area contributed by atoms with E-state index < -0.39 is 0 Å². The zero-order valence-electron chi connectivity index (χ0n) is 14.5. The van der Waals surface area contributed by atoms with Crippen LogP contribution in [0.25, 0.3) is 17.7 Å². The van der Waals surface area contributed by atoms with Crippen LogP contribution in [0.2, 0.25) is 0 Å². The summed E-state index contributed by atoms with van der Waals surface area (Å²) in [7, 11) is 0. The molecule has 0 atom stereocenters. The Kier molecular flexibility index (Phi) is 5.24. The summed E-state index contributed by atoms with van der Waals surface area (Å²) >= 11 is 6.92. The van der Waals surface area contributed by atoms with Crippen molar-refractivity contribution in [2.75, 3.05) is 0 Å². The van der Waals surface area contributed by atoms with E-state index >= 15 is 0 Å². The number of rotatable bonds is 2. The minimum atomic E-state index is 0.0968. The van der Waals surface area contributed by atoms with Crippen LogP contribution >= 0.6 is 31.9 Å². The zero-order valence-corrected chi connectivity index (χ0v) is 17.6. The molecule has 0 saturated heterocycles. The van der Waals surface area contributed by atoms with Crippen molar-refractivity contribution >= 4 is 55.4 Å². The second kappa shape index (κ2) is 7.79. The number of ketones is 1. The predicted octanol–water partition coefficient (Wildman–Crippen LogP) is 6.96. The SMILES string of the molecule is O=C1/C(=C/c2ccc(Br)cc2)Cc2ccccc2/C1=C\c1ccc(Br)cc1. The van der Waals surface area contributed by atoms with Gasteiger partial charge in [0, 0.05) is 26.5 Å². The van der Waals surface area contributed by atoms with Crippen LogP contribution in [-0.2, 0) is 11.2 Å². The normalized spacial score (nSPS) is 16.6. The highest BCUT2D eigenvalue weighted by molar-refractivity contribution is 9.10. The first-order valence-corrected chi connectivity index (χ1v) is 10.2. The number of hydrogen-bond donors (Lipinski definition) is 0. The average molecular weight is 480 g/mol. The summed E-state index contributed by atoms with van der Waals surface area (Å²) in [5.74, 6) is 0.0968. The van der Waals surface area contributed by atoms with Gasteiger partial charge in [0.25, 0.3) is 0 Å². The van der Waals surface area contributed by atoms with Crippen LogP contribution in [0, 0.1) is 0 Å². The molecule has 1 aliphatic carbocycles. The Bertz CT molecular complexity index is 1060. The lowest BCUT2D eigenvalue weighted by Crippen LogP contribution is -2.15. The van der Waals surface area contributed by atoms with Crippen molar-refractivity contribution in [3.05, 3.63) is 110 Å². The van der Waals surface area contributed by atoms with Gasteiger partial charge in [0.2, 0.25) is 0 Å². The second-order valence-corrected chi connectivity index (χ2v) is 8.33. The van der Waals surface area contributed by atoms with E-state index in [0.717, 1.165) is 36.8 Å². The summed E-state index contributed by atoms with van der Waals surface area (Å²) in [6, 6.07) is 24.2. The number of carbonyl (C=O) groups is 1. The first-order chi connectivity index (χ1) is 13.1. The molecule has 1 nitrogen and oxygen atoms in total. The molecule has 3 aromatic rings. The molecule has 0 fully saturated rings. The third kappa shape index (κ3) is 4.05. The summed E-state index contributed by atoms with van der Waals surface area (Å²) in [4.78, 5) is 13.3. The van der Waals surface area contributed by atoms with Crippen LogP contribution in [-0.4, -0.2) is 5.78 Å². The van der Waals surface area contributed by atoms with E-state index in [2.05, 4.69) is 37.9 Å². The van der Waals surface area contributed by atoms with Crippen molar-refractivity contribution in [2.24, 2.45) is 0 Å². The fourth-order valence-corrected chi connectivity index (χ4v) is 3.79. The molecule has 0 N–H and O–H groups in total. The molecular weight excluding hydrogens is 464 g/mol. The van der Waals surface area contributed by atoms with Gasteiger partial charge >= 0.3 is 0 Å². The zero-order chi connectivity index (χ0) is 18.8. The second-order valence-electron chi connectivity index (χ2n) is 6.49. The first-order valence-electron chi connectivity index (χ1n) is 8.66. The number of allylic oxidation sites excluding steroid dienone is 2. The fraction of sp³-hybridized carbons (Fsp3) is 0.0417. The standard InChI is InChI=1S/C24H16Br2O/c25-20-9-5-16(6-10-20)13-19-15-18-3-1-2-4-22(18)23(24(19)27)14-17-7-11-21(26)12-8-17/h1-14H,15H2/b19-13+,23-14+. The van der Waals surface area contributed by atoms with Gasteiger partial charge in [-0.3, -0.25) is 4.79 Å². The Morgan fingerprint density at radius 1 is 0.704 bits per heavy atom. The van der Waals surface area contributed by atoms with Gasteiger partial charge in [0.15, 0.2) is 5.78 Å². The Morgan fingerprint density at radius 3 is 1.89 bits per heavy atom. The maximum absolute atomic E-state index is 13.3. The van der Waals surface area contributed by atoms with Crippen molar-refractivity contribution in [1.29, 1.82) is 0 Å². The molecule has 4 rings (SSSR count). The minimum Gasteiger partial charge on any atom is -0.289 e. The van der Waals surface area contributed by atoms with Crippen molar-refractivity contribution in [1.82, 2.24) is 0 Å². The van der Waals surface area contributed by atoms with Gasteiger partial charge in [0.1, 0.15) is 0 Å². The van der Waals surface area contributed by atoms with E-state index in [4.69, 9.17) is 0 Å². The van der Waals surface area contributed by atoms with Crippen LogP contribution in [0.15, 0.2) is 87.3 Å². The van der Waals surface area contributed by atoms with Crippen molar-refractivity contribution in [3.8, 4) is 0 Å². The number of fused-ring (bicyclic) bond motifs is 1. The molecule has 1 aliphatic rings. The maximum atomic E-state index is 13.3. The monoisotopic (exact) mass is 478 g/mol. The highest BCUT2D eigenvalue weighted by atomic mass is 79.9. The molecular formula is C24H16Br2O. The van der Waals surface area contributed by atoms with E-state index in [9.17, 15) is 4.79 Å². The van der Waals surface area contributed by atoms with E-state index in [1.54, 1.807) is 0 Å². The lowest BCUT2D eigenvalue weighted by Gasteiger charge is -2.21. The number of halogens is 2. The van der Waals surface area contributed by atoms with Gasteiger partial charge in [-0.1, -0.05) is 80.4 Å². The number of benzene rings is 3. The summed E-state index contributed by atoms with van der Waals surface area (Å²) in [5, 5.41) is 0. The molecule has 0 amide bonds. The quantitative estimate of drug-likeness (QED) is 0.363. The third-order valence-corrected chi connectivity index (χ3v) is 5.67. The number of Topliss-reactive ketones (excluding diaryl/α,β-unsaturated/α-hetero) is 1. The van der Waals surface area contributed by atoms with Crippen molar-refractivity contribution < 1.29 is 4.79 Å². The lowest BCUT2D eigenvalue weighted by atomic mass is 9.81. The van der Waals surface area contributed by atoms with E-state index in [1.165, 1.54) is 5.56 Å². The highest BCUT2D eigenvalue weighted by Gasteiger charge is 2.25. The van der Waals surface area contributed by atoms with Crippen molar-refractivity contribution in [2.45, 2.75) is 6.42 Å². The Balaban J connectivity index is 1.81. The van der Waals surface area contributed by atoms with E-state index in [-0.39, 0.29) is 5.78 Å². The summed E-state index contributed by atoms with van der Waals surface area (Å²) in [6.07, 6.45) is 4.64. The molecule has 0 aromatic heterocycles. The summed E-state index contributed by atoms with van der Waals surface area (Å²) in [5.41, 5.74) is 5.83. The van der Waals surface area contributed by atoms with Gasteiger partial charge in [0.05, 0.1) is 0 Å². The van der Waals surface area contributed by atoms with Crippen LogP contribution in [0.5, 0.6) is 0 Å². The predicted molar refractivity (Wildman–Crippen MR) is 119 cm³/mol. The number of hydrogen-bond acceptors (Lipinski definition) is 1. The van der Waals surface area contributed by atoms with Gasteiger partial charge in [-0.05, 0) is 58.7 Å². The molecule has 0 radical (unpaired) electrons. The molecule has 3 heteroatoms. The summed E-state index contributed by atoms with van der Waals surface area (Å²) in [6.45, 7) is 0. The Morgan fingerprint density at radius 2 is 1.26 bits per heavy atom. The van der Waals surface area contributed by atoms with Gasteiger partial charge < -0.3 is 0 Å². The Labute approximate surface area is 175 Å². The molecule has 0 aliphatic heterocycles. The van der Waals surface area contributed by atoms with Gasteiger partial charge in [-0.2, -0.15) is 0 Å². The molecule has 0 bridgehead atoms. The molecule has 0 saturated carbocycles. The van der Waals surface area contributed by atoms with Crippen LogP contribution in [0.3, 0.4) is 0 Å². The topological polar surface area (TPSA) is 17.1 Å². The molecule has 3 aromatic carbocycles. The smallest absolute Gasteiger partial charge is 0.189 e. The van der Waals surface area contributed by atoms with Crippen LogP contribution in [0.1, 0.15) is 22.3 Å². The molecule has 0 heterocycles. The number of carbonyl (C=O) groups excluding carboxylic acids is 1. The fourth-order valence-electron chi connectivity index (χ4n) is 3.26. The van der Waals surface area contributed by atoms with Gasteiger partial charge in [-0.15, -0.1) is 0 Å². The largest absolute Gasteiger partial charge is 0.289 e. The van der Waals surface area contributed by atoms with E-state index in [1.807, 2.05) is 78.9 Å². The van der Waals surface area contributed by atoms with Crippen LogP contribution < -0.4 is 0 Å². The van der Waals surface area contributed by atoms with Crippen molar-refractivity contribution in [3.63, 3.8) is 0 Å². The maximum Gasteiger partial charge on any atom is 0.189 e. The highest BCUT2D eigenvalue weighted by Crippen LogP contribution is 2.33. The molecule has 0 unspecified atom stereocenters. The van der Waals surface area contributed by atoms with Gasteiger partial charge in [-0.25, -0.2) is 0 Å². The lowest BCUT2D eigenvalue weighted by molar-refractivity contribution is -0.110. The minimum absolute atomic E-state index is 0.0968. The Hall–Kier alpha value is -2.23. The molecule has 27 heavy (non-hydrogen) atoms. The van der Waals surface area contributed by atoms with Crippen LogP contribution in [0.4, 0.5) is 0 Å². The third-order valence-electron chi connectivity index (χ3n) is 4.62. The first kappa shape index (κ1) is 18.1. The average Bonchev–Trinajstić information content (AvgIpc) is 2.68. The van der Waals surface area contributed by atoms with E-state index in [0.29, 0.717) is 6.42 Å².